The fraction of sp³-hybridized carbons (Fsp3) is 0.385. The van der Waals surface area contributed by atoms with E-state index >= 15 is 0 Å². The Morgan fingerprint density at radius 2 is 2.05 bits per heavy atom. The molecule has 102 valence electrons. The van der Waals surface area contributed by atoms with Crippen molar-refractivity contribution in [1.82, 2.24) is 0 Å². The molecule has 4 nitrogen and oxygen atoms in total. The van der Waals surface area contributed by atoms with Crippen LogP contribution >= 0.6 is 15.9 Å². The lowest BCUT2D eigenvalue weighted by molar-refractivity contribution is -0.265. The predicted molar refractivity (Wildman–Crippen MR) is 77.8 cm³/mol. The smallest absolute Gasteiger partial charge is 0.199 e. The summed E-state index contributed by atoms with van der Waals surface area (Å²) < 4.78 is 15.1. The van der Waals surface area contributed by atoms with Crippen LogP contribution in [0.5, 0.6) is 0 Å². The number of para-hydroxylation sites is 1. The molecule has 1 aliphatic heterocycles. The molecule has 1 aromatic carbocycles. The van der Waals surface area contributed by atoms with Gasteiger partial charge >= 0.3 is 0 Å². The third-order valence-electron chi connectivity index (χ3n) is 3.55. The molecular weight excluding hydrogens is 330 g/mol. The number of halogens is 1. The average Bonchev–Trinajstić information content (AvgIpc) is 2.73. The van der Waals surface area contributed by atoms with Crippen LogP contribution in [0.25, 0.3) is 0 Å². The third-order valence-corrected chi connectivity index (χ3v) is 5.85. The number of rotatable bonds is 2. The average molecular weight is 344 g/mol. The molecule has 0 amide bonds. The molecule has 1 aromatic rings. The SMILES string of the molecule is O=S1C2=C(CCCC2)[C@H](OO)N1c1ccccc1Br. The summed E-state index contributed by atoms with van der Waals surface area (Å²) in [5.41, 5.74) is 1.75. The van der Waals surface area contributed by atoms with Gasteiger partial charge in [0.05, 0.1) is 5.69 Å². The van der Waals surface area contributed by atoms with E-state index in [-0.39, 0.29) is 0 Å². The van der Waals surface area contributed by atoms with Crippen LogP contribution in [0, 0.1) is 0 Å². The Hall–Kier alpha value is -0.690. The zero-order valence-corrected chi connectivity index (χ0v) is 12.6. The third kappa shape index (κ3) is 2.16. The van der Waals surface area contributed by atoms with Crippen molar-refractivity contribution in [3.8, 4) is 0 Å². The molecule has 1 heterocycles. The molecule has 0 bridgehead atoms. The van der Waals surface area contributed by atoms with Gasteiger partial charge in [-0.15, -0.1) is 0 Å². The summed E-state index contributed by atoms with van der Waals surface area (Å²) in [5, 5.41) is 9.22. The molecule has 0 spiro atoms. The van der Waals surface area contributed by atoms with Gasteiger partial charge in [-0.1, -0.05) is 12.1 Å². The van der Waals surface area contributed by atoms with E-state index in [9.17, 15) is 9.47 Å². The topological polar surface area (TPSA) is 49.8 Å². The Kier molecular flexibility index (Phi) is 3.75. The van der Waals surface area contributed by atoms with Crippen molar-refractivity contribution in [2.24, 2.45) is 0 Å². The summed E-state index contributed by atoms with van der Waals surface area (Å²) in [6.45, 7) is 0. The molecule has 0 saturated carbocycles. The Bertz CT molecular complexity index is 561. The second kappa shape index (κ2) is 5.36. The lowest BCUT2D eigenvalue weighted by atomic mass is 9.98. The number of nitrogens with zero attached hydrogens (tertiary/aromatic N) is 1. The van der Waals surface area contributed by atoms with Crippen molar-refractivity contribution in [2.75, 3.05) is 4.31 Å². The standard InChI is InChI=1S/C13H14BrNO3S/c14-10-6-2-3-7-11(10)15-13(18-16)9-5-1-4-8-12(9)19(15)17/h2-3,6-7,13,16H,1,4-5,8H2/t13-,19?/m0/s1. The van der Waals surface area contributed by atoms with E-state index in [4.69, 9.17) is 0 Å². The number of hydrogen-bond donors (Lipinski definition) is 1. The van der Waals surface area contributed by atoms with Gasteiger partial charge in [0.15, 0.2) is 17.2 Å². The molecule has 1 aliphatic carbocycles. The van der Waals surface area contributed by atoms with Gasteiger partial charge in [-0.2, -0.15) is 0 Å². The van der Waals surface area contributed by atoms with Crippen LogP contribution in [-0.2, 0) is 15.9 Å². The minimum atomic E-state index is -1.27. The molecule has 0 fully saturated rings. The van der Waals surface area contributed by atoms with Crippen molar-refractivity contribution < 1.29 is 14.4 Å². The molecule has 19 heavy (non-hydrogen) atoms. The van der Waals surface area contributed by atoms with Gasteiger partial charge in [0.2, 0.25) is 0 Å². The summed E-state index contributed by atoms with van der Waals surface area (Å²) >= 11 is 3.46. The highest BCUT2D eigenvalue weighted by Crippen LogP contribution is 2.43. The summed E-state index contributed by atoms with van der Waals surface area (Å²) in [5.74, 6) is 0. The molecule has 1 unspecified atom stereocenters. The highest BCUT2D eigenvalue weighted by atomic mass is 79.9. The molecule has 0 radical (unpaired) electrons. The Balaban J connectivity index is 2.04. The first-order valence-corrected chi connectivity index (χ1v) is 8.12. The van der Waals surface area contributed by atoms with Crippen LogP contribution in [0.1, 0.15) is 25.7 Å². The largest absolute Gasteiger partial charge is 0.252 e. The molecule has 2 atom stereocenters. The van der Waals surface area contributed by atoms with Gasteiger partial charge in [-0.05, 0) is 59.3 Å². The van der Waals surface area contributed by atoms with Gasteiger partial charge < -0.3 is 0 Å². The normalized spacial score (nSPS) is 26.7. The Morgan fingerprint density at radius 3 is 2.79 bits per heavy atom. The van der Waals surface area contributed by atoms with Crippen molar-refractivity contribution in [1.29, 1.82) is 0 Å². The molecule has 3 rings (SSSR count). The van der Waals surface area contributed by atoms with Crippen LogP contribution in [0.15, 0.2) is 39.2 Å². The van der Waals surface area contributed by atoms with E-state index in [1.165, 1.54) is 0 Å². The van der Waals surface area contributed by atoms with E-state index < -0.39 is 17.2 Å². The fourth-order valence-electron chi connectivity index (χ4n) is 2.66. The first kappa shape index (κ1) is 13.3. The van der Waals surface area contributed by atoms with Crippen molar-refractivity contribution in [3.63, 3.8) is 0 Å². The monoisotopic (exact) mass is 343 g/mol. The summed E-state index contributed by atoms with van der Waals surface area (Å²) in [6, 6.07) is 7.53. The van der Waals surface area contributed by atoms with Crippen molar-refractivity contribution in [3.05, 3.63) is 39.2 Å². The lowest BCUT2D eigenvalue weighted by Crippen LogP contribution is -2.34. The Labute approximate surface area is 122 Å². The zero-order valence-electron chi connectivity index (χ0n) is 10.2. The zero-order chi connectivity index (χ0) is 13.4. The molecule has 2 aliphatic rings. The quantitative estimate of drug-likeness (QED) is 0.659. The van der Waals surface area contributed by atoms with Gasteiger partial charge in [0.25, 0.3) is 0 Å². The van der Waals surface area contributed by atoms with E-state index in [0.717, 1.165) is 46.3 Å². The number of hydrogen-bond acceptors (Lipinski definition) is 3. The maximum atomic E-state index is 12.6. The van der Waals surface area contributed by atoms with Gasteiger partial charge in [-0.25, -0.2) is 14.4 Å². The fourth-order valence-corrected chi connectivity index (χ4v) is 4.92. The Morgan fingerprint density at radius 1 is 1.32 bits per heavy atom. The number of allylic oxidation sites excluding steroid dienone is 1. The van der Waals surface area contributed by atoms with Crippen molar-refractivity contribution >= 4 is 32.6 Å². The predicted octanol–water partition coefficient (Wildman–Crippen LogP) is 3.58. The van der Waals surface area contributed by atoms with E-state index in [1.807, 2.05) is 24.3 Å². The molecule has 0 saturated heterocycles. The van der Waals surface area contributed by atoms with E-state index in [2.05, 4.69) is 20.8 Å². The number of benzene rings is 1. The second-order valence-corrected chi connectivity index (χ2v) is 6.88. The summed E-state index contributed by atoms with van der Waals surface area (Å²) in [6.07, 6.45) is 3.14. The maximum Gasteiger partial charge on any atom is 0.199 e. The first-order chi connectivity index (χ1) is 9.24. The van der Waals surface area contributed by atoms with Crippen LogP contribution in [-0.4, -0.2) is 15.7 Å². The van der Waals surface area contributed by atoms with Crippen LogP contribution < -0.4 is 4.31 Å². The molecular formula is C13H14BrNO3S. The highest BCUT2D eigenvalue weighted by Gasteiger charge is 2.41. The number of anilines is 1. The second-order valence-electron chi connectivity index (χ2n) is 4.64. The van der Waals surface area contributed by atoms with Crippen LogP contribution in [0.2, 0.25) is 0 Å². The van der Waals surface area contributed by atoms with Crippen molar-refractivity contribution in [2.45, 2.75) is 31.9 Å². The molecule has 6 heteroatoms. The summed E-state index contributed by atoms with van der Waals surface area (Å²) in [4.78, 5) is 5.54. The van der Waals surface area contributed by atoms with Crippen LogP contribution in [0.4, 0.5) is 5.69 Å². The maximum absolute atomic E-state index is 12.6. The van der Waals surface area contributed by atoms with Gasteiger partial charge in [-0.3, -0.25) is 4.31 Å². The van der Waals surface area contributed by atoms with Gasteiger partial charge in [0, 0.05) is 9.38 Å². The summed E-state index contributed by atoms with van der Waals surface area (Å²) in [7, 11) is -1.27. The minimum Gasteiger partial charge on any atom is -0.252 e. The first-order valence-electron chi connectivity index (χ1n) is 6.22. The minimum absolute atomic E-state index is 0.630. The van der Waals surface area contributed by atoms with Gasteiger partial charge in [0.1, 0.15) is 0 Å². The van der Waals surface area contributed by atoms with E-state index in [1.54, 1.807) is 4.31 Å². The highest BCUT2D eigenvalue weighted by molar-refractivity contribution is 9.10. The molecule has 1 N–H and O–H groups in total. The van der Waals surface area contributed by atoms with E-state index in [0.29, 0.717) is 0 Å². The van der Waals surface area contributed by atoms with Crippen LogP contribution in [0.3, 0.4) is 0 Å². The lowest BCUT2D eigenvalue weighted by Gasteiger charge is -2.25. The molecule has 0 aromatic heterocycles.